The molecule has 1 N–H and O–H groups in total. The fourth-order valence-electron chi connectivity index (χ4n) is 4.47. The Morgan fingerprint density at radius 2 is 1.74 bits per heavy atom. The maximum Gasteiger partial charge on any atom is 0.00966 e. The molecule has 2 aliphatic rings. The number of hydrogen-bond acceptors (Lipinski definition) is 1. The van der Waals surface area contributed by atoms with Gasteiger partial charge in [0.2, 0.25) is 0 Å². The van der Waals surface area contributed by atoms with Gasteiger partial charge >= 0.3 is 0 Å². The van der Waals surface area contributed by atoms with Crippen molar-refractivity contribution in [2.45, 2.75) is 84.6 Å². The topological polar surface area (TPSA) is 12.0 Å². The van der Waals surface area contributed by atoms with Crippen molar-refractivity contribution in [3.05, 3.63) is 0 Å². The average Bonchev–Trinajstić information content (AvgIpc) is 2.84. The van der Waals surface area contributed by atoms with Crippen LogP contribution in [0.4, 0.5) is 0 Å². The van der Waals surface area contributed by atoms with E-state index in [1.165, 1.54) is 57.9 Å². The van der Waals surface area contributed by atoms with Gasteiger partial charge in [-0.3, -0.25) is 0 Å². The summed E-state index contributed by atoms with van der Waals surface area (Å²) < 4.78 is 0. The summed E-state index contributed by atoms with van der Waals surface area (Å²) in [7, 11) is 0. The first kappa shape index (κ1) is 15.4. The molecule has 1 nitrogen and oxygen atoms in total. The summed E-state index contributed by atoms with van der Waals surface area (Å²) in [5, 5.41) is 3.76. The molecule has 0 aromatic rings. The Morgan fingerprint density at radius 3 is 2.42 bits per heavy atom. The van der Waals surface area contributed by atoms with Crippen molar-refractivity contribution in [3.63, 3.8) is 0 Å². The molecule has 112 valence electrons. The molecule has 0 aromatic carbocycles. The molecule has 0 spiro atoms. The second kappa shape index (κ2) is 6.61. The van der Waals surface area contributed by atoms with Crippen molar-refractivity contribution in [1.82, 2.24) is 5.32 Å². The van der Waals surface area contributed by atoms with Gasteiger partial charge in [0.15, 0.2) is 0 Å². The summed E-state index contributed by atoms with van der Waals surface area (Å²) in [6, 6.07) is 0. The van der Waals surface area contributed by atoms with Crippen LogP contribution in [0.5, 0.6) is 0 Å². The van der Waals surface area contributed by atoms with Gasteiger partial charge in [-0.1, -0.05) is 39.0 Å². The van der Waals surface area contributed by atoms with Gasteiger partial charge in [-0.15, -0.1) is 0 Å². The summed E-state index contributed by atoms with van der Waals surface area (Å²) >= 11 is 0. The van der Waals surface area contributed by atoms with Crippen molar-refractivity contribution < 1.29 is 0 Å². The molecule has 0 radical (unpaired) electrons. The molecular weight excluding hydrogens is 230 g/mol. The fourth-order valence-corrected chi connectivity index (χ4v) is 4.47. The smallest absolute Gasteiger partial charge is 0.00966 e. The zero-order valence-electron chi connectivity index (χ0n) is 13.7. The predicted molar refractivity (Wildman–Crippen MR) is 84.3 cm³/mol. The zero-order chi connectivity index (χ0) is 13.9. The van der Waals surface area contributed by atoms with Gasteiger partial charge in [-0.2, -0.15) is 0 Å². The Balaban J connectivity index is 1.87. The van der Waals surface area contributed by atoms with E-state index in [2.05, 4.69) is 33.0 Å². The molecule has 19 heavy (non-hydrogen) atoms. The minimum atomic E-state index is 0.283. The Kier molecular flexibility index (Phi) is 5.34. The van der Waals surface area contributed by atoms with Crippen LogP contribution in [0.1, 0.15) is 79.1 Å². The number of nitrogens with one attached hydrogen (secondary N) is 1. The molecule has 4 unspecified atom stereocenters. The Labute approximate surface area is 120 Å². The molecule has 2 saturated carbocycles. The summed E-state index contributed by atoms with van der Waals surface area (Å²) in [5.74, 6) is 4.08. The molecule has 0 saturated heterocycles. The highest BCUT2D eigenvalue weighted by atomic mass is 14.9. The molecule has 4 atom stereocenters. The molecule has 0 amide bonds. The molecule has 0 aliphatic heterocycles. The van der Waals surface area contributed by atoms with Crippen LogP contribution < -0.4 is 5.32 Å². The zero-order valence-corrected chi connectivity index (χ0v) is 13.7. The first-order chi connectivity index (χ1) is 8.99. The molecular formula is C18H35N. The third kappa shape index (κ3) is 4.48. The van der Waals surface area contributed by atoms with Gasteiger partial charge < -0.3 is 5.32 Å². The van der Waals surface area contributed by atoms with E-state index in [1.807, 2.05) is 0 Å². The third-order valence-electron chi connectivity index (χ3n) is 5.62. The lowest BCUT2D eigenvalue weighted by atomic mass is 9.71. The molecule has 2 aliphatic carbocycles. The van der Waals surface area contributed by atoms with Gasteiger partial charge in [0, 0.05) is 5.54 Å². The second-order valence-electron chi connectivity index (χ2n) is 8.19. The van der Waals surface area contributed by atoms with E-state index in [-0.39, 0.29) is 5.54 Å². The van der Waals surface area contributed by atoms with E-state index in [4.69, 9.17) is 0 Å². The Bertz CT molecular complexity index is 265. The largest absolute Gasteiger partial charge is 0.312 e. The molecule has 2 fully saturated rings. The van der Waals surface area contributed by atoms with Crippen LogP contribution in [0.15, 0.2) is 0 Å². The van der Waals surface area contributed by atoms with E-state index in [0.717, 1.165) is 23.7 Å². The minimum absolute atomic E-state index is 0.283. The van der Waals surface area contributed by atoms with E-state index in [1.54, 1.807) is 0 Å². The summed E-state index contributed by atoms with van der Waals surface area (Å²) in [6.07, 6.45) is 11.9. The van der Waals surface area contributed by atoms with Crippen LogP contribution in [0, 0.1) is 23.7 Å². The van der Waals surface area contributed by atoms with Crippen molar-refractivity contribution in [2.75, 3.05) is 6.54 Å². The lowest BCUT2D eigenvalue weighted by Gasteiger charge is -2.36. The third-order valence-corrected chi connectivity index (χ3v) is 5.62. The minimum Gasteiger partial charge on any atom is -0.312 e. The van der Waals surface area contributed by atoms with Gasteiger partial charge in [0.1, 0.15) is 0 Å². The van der Waals surface area contributed by atoms with Crippen LogP contribution in [-0.4, -0.2) is 12.1 Å². The summed E-state index contributed by atoms with van der Waals surface area (Å²) in [4.78, 5) is 0. The monoisotopic (exact) mass is 265 g/mol. The van der Waals surface area contributed by atoms with Crippen LogP contribution in [-0.2, 0) is 0 Å². The van der Waals surface area contributed by atoms with E-state index < -0.39 is 0 Å². The molecule has 0 aromatic heterocycles. The lowest BCUT2D eigenvalue weighted by Crippen LogP contribution is -2.41. The SMILES string of the molecule is CCC1CCCC(C2CCCC2CNC(C)(C)C)C1. The highest BCUT2D eigenvalue weighted by Gasteiger charge is 2.36. The fraction of sp³-hybridized carbons (Fsp3) is 1.00. The van der Waals surface area contributed by atoms with Crippen LogP contribution in [0.3, 0.4) is 0 Å². The Morgan fingerprint density at radius 1 is 1.00 bits per heavy atom. The van der Waals surface area contributed by atoms with Gasteiger partial charge in [-0.05, 0) is 70.3 Å². The molecule has 0 heterocycles. The van der Waals surface area contributed by atoms with Crippen LogP contribution >= 0.6 is 0 Å². The lowest BCUT2D eigenvalue weighted by molar-refractivity contribution is 0.155. The van der Waals surface area contributed by atoms with Gasteiger partial charge in [0.25, 0.3) is 0 Å². The van der Waals surface area contributed by atoms with Crippen LogP contribution in [0.25, 0.3) is 0 Å². The van der Waals surface area contributed by atoms with Gasteiger partial charge in [-0.25, -0.2) is 0 Å². The average molecular weight is 265 g/mol. The molecule has 1 heteroatoms. The summed E-state index contributed by atoms with van der Waals surface area (Å²) in [5.41, 5.74) is 0.283. The number of rotatable bonds is 4. The standard InChI is InChI=1S/C18H35N/c1-5-14-8-6-9-15(12-14)17-11-7-10-16(17)13-19-18(2,3)4/h14-17,19H,5-13H2,1-4H3. The highest BCUT2D eigenvalue weighted by molar-refractivity contribution is 4.88. The maximum atomic E-state index is 3.76. The predicted octanol–water partition coefficient (Wildman–Crippen LogP) is 5.01. The molecule has 2 rings (SSSR count). The van der Waals surface area contributed by atoms with Crippen molar-refractivity contribution >= 4 is 0 Å². The maximum absolute atomic E-state index is 3.76. The number of hydrogen-bond donors (Lipinski definition) is 1. The van der Waals surface area contributed by atoms with Crippen molar-refractivity contribution in [1.29, 1.82) is 0 Å². The first-order valence-corrected chi connectivity index (χ1v) is 8.74. The van der Waals surface area contributed by atoms with Gasteiger partial charge in [0.05, 0.1) is 0 Å². The van der Waals surface area contributed by atoms with Crippen LogP contribution in [0.2, 0.25) is 0 Å². The van der Waals surface area contributed by atoms with E-state index in [0.29, 0.717) is 0 Å². The highest BCUT2D eigenvalue weighted by Crippen LogP contribution is 2.44. The van der Waals surface area contributed by atoms with Crippen molar-refractivity contribution in [3.8, 4) is 0 Å². The quantitative estimate of drug-likeness (QED) is 0.753. The normalized spacial score (nSPS) is 36.6. The van der Waals surface area contributed by atoms with E-state index >= 15 is 0 Å². The Hall–Kier alpha value is -0.0400. The second-order valence-corrected chi connectivity index (χ2v) is 8.19. The molecule has 0 bridgehead atoms. The summed E-state index contributed by atoms with van der Waals surface area (Å²) in [6.45, 7) is 10.5. The van der Waals surface area contributed by atoms with Crippen molar-refractivity contribution in [2.24, 2.45) is 23.7 Å². The van der Waals surface area contributed by atoms with E-state index in [9.17, 15) is 0 Å². The first-order valence-electron chi connectivity index (χ1n) is 8.74.